The van der Waals surface area contributed by atoms with Gasteiger partial charge in [0.2, 0.25) is 0 Å². The van der Waals surface area contributed by atoms with E-state index in [1.54, 1.807) is 6.07 Å². The van der Waals surface area contributed by atoms with Crippen LogP contribution in [0.3, 0.4) is 0 Å². The molecule has 178 valence electrons. The Hall–Kier alpha value is -4.65. The minimum absolute atomic E-state index is 0.0339. The van der Waals surface area contributed by atoms with Gasteiger partial charge in [0.05, 0.1) is 39.7 Å². The van der Waals surface area contributed by atoms with Crippen LogP contribution in [0.15, 0.2) is 59.8 Å². The number of carbonyl (C=O) groups excluding carboxylic acids is 1. The molecule has 0 aliphatic heterocycles. The molecule has 0 bridgehead atoms. The second kappa shape index (κ2) is 9.69. The summed E-state index contributed by atoms with van der Waals surface area (Å²) in [6.07, 6.45) is 2.68. The van der Waals surface area contributed by atoms with Gasteiger partial charge in [-0.2, -0.15) is 5.10 Å². The van der Waals surface area contributed by atoms with E-state index in [9.17, 15) is 29.8 Å². The van der Waals surface area contributed by atoms with Crippen LogP contribution in [-0.2, 0) is 13.1 Å². The van der Waals surface area contributed by atoms with E-state index in [1.807, 2.05) is 0 Å². The summed E-state index contributed by atoms with van der Waals surface area (Å²) in [5, 5.41) is 29.0. The lowest BCUT2D eigenvalue weighted by Crippen LogP contribution is -2.28. The van der Waals surface area contributed by atoms with Crippen molar-refractivity contribution < 1.29 is 14.6 Å². The fourth-order valence-electron chi connectivity index (χ4n) is 3.41. The van der Waals surface area contributed by atoms with Crippen LogP contribution in [0.5, 0.6) is 0 Å². The molecule has 1 N–H and O–H groups in total. The molecule has 35 heavy (non-hydrogen) atoms. The Bertz CT molecular complexity index is 1530. The number of benzene rings is 2. The summed E-state index contributed by atoms with van der Waals surface area (Å²) in [5.74, 6) is -0.595. The van der Waals surface area contributed by atoms with Gasteiger partial charge in [-0.15, -0.1) is 0 Å². The number of fused-ring (bicyclic) bond motifs is 1. The molecule has 1 amide bonds. The van der Waals surface area contributed by atoms with E-state index in [2.05, 4.69) is 15.4 Å². The molecule has 14 heteroatoms. The van der Waals surface area contributed by atoms with E-state index in [1.165, 1.54) is 52.1 Å². The Balaban J connectivity index is 1.47. The van der Waals surface area contributed by atoms with E-state index < -0.39 is 15.8 Å². The first-order valence-corrected chi connectivity index (χ1v) is 10.5. The molecule has 2 aromatic carbocycles. The smallest absolute Gasteiger partial charge is 0.270 e. The zero-order valence-corrected chi connectivity index (χ0v) is 18.6. The number of hydrogen-bond acceptors (Lipinski definition) is 8. The van der Waals surface area contributed by atoms with Crippen LogP contribution in [0.4, 0.5) is 11.4 Å². The molecule has 0 saturated heterocycles. The Kier molecular flexibility index (Phi) is 6.51. The van der Waals surface area contributed by atoms with Crippen molar-refractivity contribution in [3.63, 3.8) is 0 Å². The van der Waals surface area contributed by atoms with Crippen molar-refractivity contribution in [1.29, 1.82) is 0 Å². The third kappa shape index (κ3) is 4.99. The Morgan fingerprint density at radius 1 is 1.09 bits per heavy atom. The quantitative estimate of drug-likeness (QED) is 0.286. The number of non-ortho nitro benzene ring substituents is 2. The predicted octanol–water partition coefficient (Wildman–Crippen LogP) is 2.54. The maximum atomic E-state index is 12.9. The summed E-state index contributed by atoms with van der Waals surface area (Å²) < 4.78 is 2.75. The zero-order valence-electron chi connectivity index (χ0n) is 17.8. The largest absolute Gasteiger partial charge is 0.350 e. The fourth-order valence-corrected chi connectivity index (χ4v) is 3.61. The molecule has 0 atom stereocenters. The number of carbonyl (C=O) groups is 1. The second-order valence-electron chi connectivity index (χ2n) is 7.39. The van der Waals surface area contributed by atoms with E-state index in [0.717, 1.165) is 6.07 Å². The van der Waals surface area contributed by atoms with E-state index in [-0.39, 0.29) is 52.5 Å². The third-order valence-electron chi connectivity index (χ3n) is 5.11. The first kappa shape index (κ1) is 23.5. The SMILES string of the molecule is O=C(NCCn1ncc2c(=O)n(Cc3cccc([N+](=O)[O-])c3)cnc21)c1cc([N+](=O)[O-])ccc1Cl. The van der Waals surface area contributed by atoms with Crippen LogP contribution in [0.2, 0.25) is 5.02 Å². The molecule has 0 spiro atoms. The van der Waals surface area contributed by atoms with Crippen molar-refractivity contribution >= 4 is 39.9 Å². The molecular weight excluding hydrogens is 482 g/mol. The van der Waals surface area contributed by atoms with Gasteiger partial charge in [0.15, 0.2) is 5.65 Å². The number of hydrogen-bond donors (Lipinski definition) is 1. The van der Waals surface area contributed by atoms with Gasteiger partial charge in [-0.25, -0.2) is 9.67 Å². The van der Waals surface area contributed by atoms with Crippen molar-refractivity contribution in [2.45, 2.75) is 13.1 Å². The number of rotatable bonds is 8. The highest BCUT2D eigenvalue weighted by Gasteiger charge is 2.16. The lowest BCUT2D eigenvalue weighted by atomic mass is 10.2. The lowest BCUT2D eigenvalue weighted by molar-refractivity contribution is -0.385. The summed E-state index contributed by atoms with van der Waals surface area (Å²) in [7, 11) is 0. The number of nitro groups is 2. The summed E-state index contributed by atoms with van der Waals surface area (Å²) in [4.78, 5) is 50.3. The van der Waals surface area contributed by atoms with Gasteiger partial charge in [-0.05, 0) is 11.6 Å². The topological polar surface area (TPSA) is 168 Å². The molecule has 0 fully saturated rings. The standard InChI is InChI=1S/C21H16ClN7O6/c22-18-5-4-15(29(34)35)9-16(18)20(30)23-6-7-27-19-17(10-25-27)21(31)26(12-24-19)11-13-2-1-3-14(8-13)28(32)33/h1-5,8-10,12H,6-7,11H2,(H,23,30). The minimum Gasteiger partial charge on any atom is -0.350 e. The summed E-state index contributed by atoms with van der Waals surface area (Å²) >= 11 is 5.99. The van der Waals surface area contributed by atoms with Gasteiger partial charge < -0.3 is 5.32 Å². The molecule has 13 nitrogen and oxygen atoms in total. The van der Waals surface area contributed by atoms with Crippen LogP contribution >= 0.6 is 11.6 Å². The molecule has 0 aliphatic carbocycles. The molecule has 0 unspecified atom stereocenters. The summed E-state index contributed by atoms with van der Waals surface area (Å²) in [6, 6.07) is 9.53. The van der Waals surface area contributed by atoms with Gasteiger partial charge >= 0.3 is 0 Å². The number of nitrogens with zero attached hydrogens (tertiary/aromatic N) is 6. The van der Waals surface area contributed by atoms with Crippen molar-refractivity contribution in [1.82, 2.24) is 24.6 Å². The van der Waals surface area contributed by atoms with Crippen molar-refractivity contribution in [3.05, 3.63) is 102 Å². The van der Waals surface area contributed by atoms with Crippen molar-refractivity contribution in [3.8, 4) is 0 Å². The molecule has 2 aromatic heterocycles. The van der Waals surface area contributed by atoms with Crippen LogP contribution in [0.1, 0.15) is 15.9 Å². The highest BCUT2D eigenvalue weighted by atomic mass is 35.5. The molecule has 0 aliphatic rings. The van der Waals surface area contributed by atoms with Crippen LogP contribution in [-0.4, -0.2) is 41.6 Å². The van der Waals surface area contributed by atoms with Gasteiger partial charge in [0, 0.05) is 30.8 Å². The van der Waals surface area contributed by atoms with E-state index >= 15 is 0 Å². The van der Waals surface area contributed by atoms with E-state index in [0.29, 0.717) is 11.2 Å². The van der Waals surface area contributed by atoms with Crippen molar-refractivity contribution in [2.75, 3.05) is 6.54 Å². The van der Waals surface area contributed by atoms with Crippen LogP contribution < -0.4 is 10.9 Å². The summed E-state index contributed by atoms with van der Waals surface area (Å²) in [5.41, 5.74) is 0.118. The van der Waals surface area contributed by atoms with Crippen molar-refractivity contribution in [2.24, 2.45) is 0 Å². The Labute approximate surface area is 200 Å². The lowest BCUT2D eigenvalue weighted by Gasteiger charge is -2.08. The van der Waals surface area contributed by atoms with Crippen LogP contribution in [0.25, 0.3) is 11.0 Å². The molecule has 0 saturated carbocycles. The molecule has 0 radical (unpaired) electrons. The number of halogens is 1. The predicted molar refractivity (Wildman–Crippen MR) is 124 cm³/mol. The number of amides is 1. The summed E-state index contributed by atoms with van der Waals surface area (Å²) in [6.45, 7) is 0.352. The number of nitrogens with one attached hydrogen (secondary N) is 1. The average molecular weight is 498 g/mol. The zero-order chi connectivity index (χ0) is 25.1. The molecule has 4 rings (SSSR count). The highest BCUT2D eigenvalue weighted by Crippen LogP contribution is 2.22. The van der Waals surface area contributed by atoms with Gasteiger partial charge in [0.25, 0.3) is 22.8 Å². The minimum atomic E-state index is -0.625. The van der Waals surface area contributed by atoms with Gasteiger partial charge in [0.1, 0.15) is 11.7 Å². The molecule has 4 aromatic rings. The maximum absolute atomic E-state index is 12.9. The normalized spacial score (nSPS) is 10.9. The first-order chi connectivity index (χ1) is 16.7. The molecular formula is C21H16ClN7O6. The van der Waals surface area contributed by atoms with Gasteiger partial charge in [-0.1, -0.05) is 23.7 Å². The molecule has 2 heterocycles. The highest BCUT2D eigenvalue weighted by molar-refractivity contribution is 6.33. The van der Waals surface area contributed by atoms with E-state index in [4.69, 9.17) is 11.6 Å². The average Bonchev–Trinajstić information content (AvgIpc) is 3.24. The second-order valence-corrected chi connectivity index (χ2v) is 7.79. The fraction of sp³-hybridized carbons (Fsp3) is 0.143. The van der Waals surface area contributed by atoms with Gasteiger partial charge in [-0.3, -0.25) is 34.4 Å². The number of nitro benzene ring substituents is 2. The Morgan fingerprint density at radius 3 is 2.57 bits per heavy atom. The monoisotopic (exact) mass is 497 g/mol. The Morgan fingerprint density at radius 2 is 1.83 bits per heavy atom. The first-order valence-electron chi connectivity index (χ1n) is 10.1. The van der Waals surface area contributed by atoms with Crippen LogP contribution in [0, 0.1) is 20.2 Å². The third-order valence-corrected chi connectivity index (χ3v) is 5.44. The maximum Gasteiger partial charge on any atom is 0.270 e. The number of aromatic nitrogens is 4.